The SMILES string of the molecule is CCCCN(CCCC)c1ccc(/N=N/c2ccc(/N=N/c3ccc(C(F)(F)F)cc3)cc2)cc1. The van der Waals surface area contributed by atoms with E-state index in [4.69, 9.17) is 0 Å². The van der Waals surface area contributed by atoms with E-state index in [1.54, 1.807) is 24.3 Å². The largest absolute Gasteiger partial charge is 0.416 e. The van der Waals surface area contributed by atoms with Crippen LogP contribution in [0.4, 0.5) is 41.6 Å². The first-order chi connectivity index (χ1) is 16.9. The van der Waals surface area contributed by atoms with Crippen molar-refractivity contribution in [1.82, 2.24) is 0 Å². The average Bonchev–Trinajstić information content (AvgIpc) is 2.87. The Balaban J connectivity index is 1.59. The molecule has 0 aromatic heterocycles. The Morgan fingerprint density at radius 1 is 0.571 bits per heavy atom. The van der Waals surface area contributed by atoms with Gasteiger partial charge in [0.2, 0.25) is 0 Å². The third-order valence-corrected chi connectivity index (χ3v) is 5.38. The number of nitrogens with zero attached hydrogens (tertiary/aromatic N) is 5. The van der Waals surface area contributed by atoms with Gasteiger partial charge in [0.05, 0.1) is 28.3 Å². The minimum absolute atomic E-state index is 0.341. The number of azo groups is 2. The van der Waals surface area contributed by atoms with E-state index in [1.807, 2.05) is 12.1 Å². The molecule has 0 N–H and O–H groups in total. The zero-order valence-corrected chi connectivity index (χ0v) is 20.0. The normalized spacial score (nSPS) is 12.0. The lowest BCUT2D eigenvalue weighted by Gasteiger charge is -2.24. The molecule has 3 rings (SSSR count). The third-order valence-electron chi connectivity index (χ3n) is 5.38. The predicted molar refractivity (Wildman–Crippen MR) is 135 cm³/mol. The molecule has 35 heavy (non-hydrogen) atoms. The zero-order valence-electron chi connectivity index (χ0n) is 20.0. The maximum atomic E-state index is 12.6. The second-order valence-electron chi connectivity index (χ2n) is 8.17. The van der Waals surface area contributed by atoms with Gasteiger partial charge in [-0.1, -0.05) is 26.7 Å². The highest BCUT2D eigenvalue weighted by atomic mass is 19.4. The molecule has 0 unspecified atom stereocenters. The van der Waals surface area contributed by atoms with Gasteiger partial charge in [-0.2, -0.15) is 33.6 Å². The van der Waals surface area contributed by atoms with Crippen LogP contribution < -0.4 is 4.90 Å². The summed E-state index contributed by atoms with van der Waals surface area (Å²) in [6.07, 6.45) is 0.316. The highest BCUT2D eigenvalue weighted by Crippen LogP contribution is 2.31. The predicted octanol–water partition coefficient (Wildman–Crippen LogP) is 9.94. The monoisotopic (exact) mass is 481 g/mol. The molecule has 5 nitrogen and oxygen atoms in total. The molecule has 0 aliphatic rings. The van der Waals surface area contributed by atoms with Gasteiger partial charge in [-0.25, -0.2) is 0 Å². The van der Waals surface area contributed by atoms with Crippen LogP contribution in [0.15, 0.2) is 93.3 Å². The van der Waals surface area contributed by atoms with Gasteiger partial charge in [-0.15, -0.1) is 0 Å². The molecule has 0 fully saturated rings. The Morgan fingerprint density at radius 3 is 1.26 bits per heavy atom. The summed E-state index contributed by atoms with van der Waals surface area (Å²) >= 11 is 0. The molecule has 0 bridgehead atoms. The lowest BCUT2D eigenvalue weighted by atomic mass is 10.2. The van der Waals surface area contributed by atoms with Crippen molar-refractivity contribution in [3.63, 3.8) is 0 Å². The van der Waals surface area contributed by atoms with Gasteiger partial charge < -0.3 is 4.90 Å². The van der Waals surface area contributed by atoms with Crippen molar-refractivity contribution < 1.29 is 13.2 Å². The highest BCUT2D eigenvalue weighted by Gasteiger charge is 2.29. The molecule has 0 aliphatic heterocycles. The second-order valence-corrected chi connectivity index (χ2v) is 8.17. The summed E-state index contributed by atoms with van der Waals surface area (Å²) in [6.45, 7) is 6.52. The van der Waals surface area contributed by atoms with Crippen molar-refractivity contribution in [3.8, 4) is 0 Å². The second kappa shape index (κ2) is 12.8. The van der Waals surface area contributed by atoms with Crippen LogP contribution in [-0.2, 0) is 6.18 Å². The lowest BCUT2D eigenvalue weighted by molar-refractivity contribution is -0.137. The van der Waals surface area contributed by atoms with Crippen LogP contribution in [0.2, 0.25) is 0 Å². The summed E-state index contributed by atoms with van der Waals surface area (Å²) in [6, 6.07) is 19.6. The first-order valence-corrected chi connectivity index (χ1v) is 11.8. The van der Waals surface area contributed by atoms with Gasteiger partial charge in [0.1, 0.15) is 0 Å². The maximum Gasteiger partial charge on any atom is 0.416 e. The Kier molecular flexibility index (Phi) is 9.52. The Labute approximate surface area is 204 Å². The van der Waals surface area contributed by atoms with Crippen molar-refractivity contribution in [2.75, 3.05) is 18.0 Å². The number of hydrogen-bond acceptors (Lipinski definition) is 5. The molecular weight excluding hydrogens is 451 g/mol. The van der Waals surface area contributed by atoms with Crippen LogP contribution >= 0.6 is 0 Å². The fourth-order valence-electron chi connectivity index (χ4n) is 3.33. The van der Waals surface area contributed by atoms with Crippen molar-refractivity contribution >= 4 is 28.4 Å². The van der Waals surface area contributed by atoms with Gasteiger partial charge in [0.15, 0.2) is 0 Å². The fourth-order valence-corrected chi connectivity index (χ4v) is 3.33. The molecule has 3 aromatic rings. The van der Waals surface area contributed by atoms with E-state index in [-0.39, 0.29) is 0 Å². The topological polar surface area (TPSA) is 52.7 Å². The van der Waals surface area contributed by atoms with E-state index in [9.17, 15) is 13.2 Å². The van der Waals surface area contributed by atoms with Crippen molar-refractivity contribution in [2.24, 2.45) is 20.5 Å². The summed E-state index contributed by atoms with van der Waals surface area (Å²) in [5.41, 5.74) is 2.82. The Morgan fingerprint density at radius 2 is 0.914 bits per heavy atom. The molecular formula is C27H30F3N5. The minimum Gasteiger partial charge on any atom is -0.372 e. The molecule has 0 amide bonds. The third kappa shape index (κ3) is 8.31. The Hall–Kier alpha value is -3.55. The molecule has 8 heteroatoms. The van der Waals surface area contributed by atoms with Crippen molar-refractivity contribution in [3.05, 3.63) is 78.4 Å². The summed E-state index contributed by atoms with van der Waals surface area (Å²) in [5, 5.41) is 16.6. The number of hydrogen-bond donors (Lipinski definition) is 0. The van der Waals surface area contributed by atoms with Gasteiger partial charge in [0.25, 0.3) is 0 Å². The number of unbranched alkanes of at least 4 members (excludes halogenated alkanes) is 2. The van der Waals surface area contributed by atoms with Crippen molar-refractivity contribution in [1.29, 1.82) is 0 Å². The van der Waals surface area contributed by atoms with Crippen LogP contribution in [0.5, 0.6) is 0 Å². The van der Waals surface area contributed by atoms with Crippen LogP contribution in [0, 0.1) is 0 Å². The van der Waals surface area contributed by atoms with E-state index in [1.165, 1.54) is 43.5 Å². The van der Waals surface area contributed by atoms with Gasteiger partial charge in [-0.05, 0) is 85.6 Å². The number of alkyl halides is 3. The first kappa shape index (κ1) is 26.1. The summed E-state index contributed by atoms with van der Waals surface area (Å²) in [4.78, 5) is 2.42. The standard InChI is InChI=1S/C27H30F3N5/c1-3-5-19-35(20-6-4-2)26-17-15-25(16-18-26)34-33-24-13-11-23(12-14-24)32-31-22-9-7-21(8-10-22)27(28,29)30/h7-18H,3-6,19-20H2,1-2H3/b32-31+,34-33+. The van der Waals surface area contributed by atoms with Crippen molar-refractivity contribution in [2.45, 2.75) is 45.7 Å². The van der Waals surface area contributed by atoms with E-state index in [0.29, 0.717) is 17.1 Å². The molecule has 0 aliphatic carbocycles. The molecule has 0 spiro atoms. The summed E-state index contributed by atoms with van der Waals surface area (Å²) in [5.74, 6) is 0. The highest BCUT2D eigenvalue weighted by molar-refractivity contribution is 5.53. The lowest BCUT2D eigenvalue weighted by Crippen LogP contribution is -2.25. The van der Waals surface area contributed by atoms with E-state index >= 15 is 0 Å². The van der Waals surface area contributed by atoms with Crippen LogP contribution in [0.25, 0.3) is 0 Å². The van der Waals surface area contributed by atoms with Gasteiger partial charge >= 0.3 is 6.18 Å². The van der Waals surface area contributed by atoms with E-state index in [0.717, 1.165) is 30.9 Å². The molecule has 0 heterocycles. The molecule has 0 saturated heterocycles. The van der Waals surface area contributed by atoms with Crippen LogP contribution in [0.1, 0.15) is 45.1 Å². The summed E-state index contributed by atoms with van der Waals surface area (Å²) < 4.78 is 37.9. The quantitative estimate of drug-likeness (QED) is 0.251. The molecule has 0 saturated carbocycles. The smallest absolute Gasteiger partial charge is 0.372 e. The Bertz CT molecular complexity index is 1080. The zero-order chi connectivity index (χ0) is 25.1. The number of anilines is 1. The van der Waals surface area contributed by atoms with Gasteiger partial charge in [0, 0.05) is 18.8 Å². The first-order valence-electron chi connectivity index (χ1n) is 11.8. The molecule has 184 valence electrons. The summed E-state index contributed by atoms with van der Waals surface area (Å²) in [7, 11) is 0. The number of benzene rings is 3. The maximum absolute atomic E-state index is 12.6. The average molecular weight is 482 g/mol. The molecule has 0 atom stereocenters. The van der Waals surface area contributed by atoms with Crippen LogP contribution in [0.3, 0.4) is 0 Å². The molecule has 0 radical (unpaired) electrons. The fraction of sp³-hybridized carbons (Fsp3) is 0.333. The number of rotatable bonds is 11. The number of halogens is 3. The van der Waals surface area contributed by atoms with E-state index in [2.05, 4.69) is 51.3 Å². The van der Waals surface area contributed by atoms with Crippen LogP contribution in [-0.4, -0.2) is 13.1 Å². The van der Waals surface area contributed by atoms with E-state index < -0.39 is 11.7 Å². The molecule has 3 aromatic carbocycles. The minimum atomic E-state index is -4.37. The van der Waals surface area contributed by atoms with Gasteiger partial charge in [-0.3, -0.25) is 0 Å².